The first kappa shape index (κ1) is 20.1. The molecule has 0 aliphatic carbocycles. The van der Waals surface area contributed by atoms with Crippen LogP contribution in [0.5, 0.6) is 0 Å². The van der Waals surface area contributed by atoms with Gasteiger partial charge < -0.3 is 19.5 Å². The molecule has 0 atom stereocenters. The van der Waals surface area contributed by atoms with Crippen molar-refractivity contribution in [1.82, 2.24) is 10.3 Å². The molecular weight excluding hydrogens is 372 g/mol. The van der Waals surface area contributed by atoms with E-state index >= 15 is 0 Å². The maximum absolute atomic E-state index is 12.9. The summed E-state index contributed by atoms with van der Waals surface area (Å²) < 4.78 is 10.3. The van der Waals surface area contributed by atoms with Gasteiger partial charge in [0, 0.05) is 11.3 Å². The molecular formula is C22H22N2O5. The Labute approximate surface area is 168 Å². The maximum Gasteiger partial charge on any atom is 0.340 e. The Morgan fingerprint density at radius 2 is 1.83 bits per heavy atom. The van der Waals surface area contributed by atoms with E-state index in [1.807, 2.05) is 19.1 Å². The van der Waals surface area contributed by atoms with Crippen LogP contribution < -0.4 is 5.32 Å². The average Bonchev–Trinajstić information content (AvgIpc) is 3.34. The lowest BCUT2D eigenvalue weighted by atomic mass is 9.97. The van der Waals surface area contributed by atoms with Crippen LogP contribution in [0.25, 0.3) is 11.1 Å². The zero-order chi connectivity index (χ0) is 21.0. The first-order valence-electron chi connectivity index (χ1n) is 9.24. The molecule has 0 unspecified atom stereocenters. The number of rotatable bonds is 7. The summed E-state index contributed by atoms with van der Waals surface area (Å²) in [4.78, 5) is 40.8. The number of nitrogens with one attached hydrogen (secondary N) is 2. The molecule has 0 fully saturated rings. The first-order chi connectivity index (χ1) is 13.9. The molecule has 0 saturated heterocycles. The molecule has 2 heterocycles. The number of esters is 1. The monoisotopic (exact) mass is 394 g/mol. The third kappa shape index (κ3) is 4.29. The van der Waals surface area contributed by atoms with Crippen molar-refractivity contribution < 1.29 is 23.5 Å². The molecule has 0 saturated carbocycles. The highest BCUT2D eigenvalue weighted by molar-refractivity contribution is 6.43. The third-order valence-electron chi connectivity index (χ3n) is 4.44. The Hall–Kier alpha value is -3.61. The molecule has 2 aromatic heterocycles. The molecule has 0 radical (unpaired) electrons. The number of aryl methyl sites for hydroxylation is 2. The van der Waals surface area contributed by atoms with Crippen LogP contribution in [0.1, 0.15) is 44.8 Å². The number of ether oxygens (including phenoxy) is 1. The molecule has 2 N–H and O–H groups in total. The molecule has 1 amide bonds. The lowest BCUT2D eigenvalue weighted by Gasteiger charge is -2.08. The molecule has 3 rings (SSSR count). The van der Waals surface area contributed by atoms with Gasteiger partial charge in [0.1, 0.15) is 11.5 Å². The van der Waals surface area contributed by atoms with E-state index in [0.29, 0.717) is 22.6 Å². The predicted octanol–water partition coefficient (Wildman–Crippen LogP) is 3.57. The van der Waals surface area contributed by atoms with Gasteiger partial charge in [0.2, 0.25) is 0 Å². The van der Waals surface area contributed by atoms with Crippen molar-refractivity contribution in [2.45, 2.75) is 27.3 Å². The van der Waals surface area contributed by atoms with Crippen LogP contribution in [0.3, 0.4) is 0 Å². The van der Waals surface area contributed by atoms with Gasteiger partial charge in [-0.1, -0.05) is 29.8 Å². The Morgan fingerprint density at radius 1 is 1.10 bits per heavy atom. The van der Waals surface area contributed by atoms with Crippen molar-refractivity contribution >= 4 is 17.7 Å². The van der Waals surface area contributed by atoms with E-state index in [2.05, 4.69) is 10.3 Å². The number of carbonyl (C=O) groups excluding carboxylic acids is 3. The molecule has 150 valence electrons. The van der Waals surface area contributed by atoms with Crippen LogP contribution in [0.2, 0.25) is 0 Å². The van der Waals surface area contributed by atoms with E-state index in [0.717, 1.165) is 5.56 Å². The Bertz CT molecular complexity index is 1030. The van der Waals surface area contributed by atoms with Gasteiger partial charge in [0.25, 0.3) is 11.7 Å². The maximum atomic E-state index is 12.9. The number of hydrogen-bond donors (Lipinski definition) is 2. The van der Waals surface area contributed by atoms with Crippen LogP contribution in [-0.2, 0) is 16.1 Å². The summed E-state index contributed by atoms with van der Waals surface area (Å²) in [5, 5.41) is 2.54. The summed E-state index contributed by atoms with van der Waals surface area (Å²) in [6.07, 6.45) is 1.48. The Morgan fingerprint density at radius 3 is 2.45 bits per heavy atom. The number of amides is 1. The number of furan rings is 1. The highest BCUT2D eigenvalue weighted by Gasteiger charge is 2.29. The second kappa shape index (κ2) is 8.60. The van der Waals surface area contributed by atoms with Gasteiger partial charge >= 0.3 is 5.97 Å². The number of H-pyrrole nitrogens is 1. The zero-order valence-electron chi connectivity index (χ0n) is 16.5. The number of Topliss-reactive ketones (excluding diaryl/α,β-unsaturated/α-hetero) is 1. The fourth-order valence-electron chi connectivity index (χ4n) is 3.04. The minimum atomic E-state index is -0.800. The summed E-state index contributed by atoms with van der Waals surface area (Å²) in [6.45, 7) is 5.60. The quantitative estimate of drug-likeness (QED) is 0.362. The molecule has 3 aromatic rings. The largest absolute Gasteiger partial charge is 0.467 e. The van der Waals surface area contributed by atoms with Crippen molar-refractivity contribution in [3.05, 3.63) is 70.9 Å². The van der Waals surface area contributed by atoms with Gasteiger partial charge in [-0.15, -0.1) is 0 Å². The van der Waals surface area contributed by atoms with Crippen molar-refractivity contribution in [2.24, 2.45) is 0 Å². The first-order valence-corrected chi connectivity index (χ1v) is 9.24. The van der Waals surface area contributed by atoms with E-state index in [4.69, 9.17) is 9.15 Å². The van der Waals surface area contributed by atoms with Gasteiger partial charge in [-0.2, -0.15) is 0 Å². The van der Waals surface area contributed by atoms with E-state index < -0.39 is 17.7 Å². The van der Waals surface area contributed by atoms with Crippen LogP contribution in [0, 0.1) is 13.8 Å². The minimum absolute atomic E-state index is 0.0475. The standard InChI is InChI=1S/C22H22N2O5/c1-4-28-22(27)17-14(3)24-19(18(17)15-9-7-13(2)8-10-15)20(25)21(26)23-12-16-6-5-11-29-16/h5-11,24H,4,12H2,1-3H3,(H,23,26). The van der Waals surface area contributed by atoms with Gasteiger partial charge in [-0.05, 0) is 38.5 Å². The summed E-state index contributed by atoms with van der Waals surface area (Å²) >= 11 is 0. The molecule has 0 bridgehead atoms. The zero-order valence-corrected chi connectivity index (χ0v) is 16.5. The smallest absolute Gasteiger partial charge is 0.340 e. The molecule has 0 aliphatic rings. The lowest BCUT2D eigenvalue weighted by molar-refractivity contribution is -0.117. The van der Waals surface area contributed by atoms with Crippen LogP contribution in [-0.4, -0.2) is 29.3 Å². The molecule has 1 aromatic carbocycles. The topological polar surface area (TPSA) is 101 Å². The fourth-order valence-corrected chi connectivity index (χ4v) is 3.04. The van der Waals surface area contributed by atoms with Gasteiger partial charge in [-0.25, -0.2) is 4.79 Å². The van der Waals surface area contributed by atoms with E-state index in [1.165, 1.54) is 6.26 Å². The molecule has 29 heavy (non-hydrogen) atoms. The SMILES string of the molecule is CCOC(=O)c1c(C)[nH]c(C(=O)C(=O)NCc2ccco2)c1-c1ccc(C)cc1. The number of hydrogen-bond acceptors (Lipinski definition) is 5. The number of aromatic amines is 1. The number of ketones is 1. The minimum Gasteiger partial charge on any atom is -0.467 e. The molecule has 7 nitrogen and oxygen atoms in total. The van der Waals surface area contributed by atoms with Crippen LogP contribution in [0.15, 0.2) is 47.1 Å². The summed E-state index contributed by atoms with van der Waals surface area (Å²) in [5.41, 5.74) is 2.79. The summed E-state index contributed by atoms with van der Waals surface area (Å²) in [6, 6.07) is 10.7. The normalized spacial score (nSPS) is 10.6. The van der Waals surface area contributed by atoms with Crippen LogP contribution in [0.4, 0.5) is 0 Å². The number of benzene rings is 1. The number of carbonyl (C=O) groups is 3. The predicted molar refractivity (Wildman–Crippen MR) is 107 cm³/mol. The van der Waals surface area contributed by atoms with Crippen molar-refractivity contribution in [1.29, 1.82) is 0 Å². The highest BCUT2D eigenvalue weighted by Crippen LogP contribution is 2.31. The second-order valence-electron chi connectivity index (χ2n) is 6.55. The number of aromatic nitrogens is 1. The van der Waals surface area contributed by atoms with Crippen molar-refractivity contribution in [3.8, 4) is 11.1 Å². The summed E-state index contributed by atoms with van der Waals surface area (Å²) in [5.74, 6) is -1.59. The van der Waals surface area contributed by atoms with Crippen molar-refractivity contribution in [3.63, 3.8) is 0 Å². The molecule has 0 aliphatic heterocycles. The second-order valence-corrected chi connectivity index (χ2v) is 6.55. The van der Waals surface area contributed by atoms with E-state index in [-0.39, 0.29) is 24.4 Å². The van der Waals surface area contributed by atoms with Gasteiger partial charge in [0.05, 0.1) is 25.0 Å². The van der Waals surface area contributed by atoms with Crippen molar-refractivity contribution in [2.75, 3.05) is 6.61 Å². The lowest BCUT2D eigenvalue weighted by Crippen LogP contribution is -2.31. The third-order valence-corrected chi connectivity index (χ3v) is 4.44. The Kier molecular flexibility index (Phi) is 5.97. The van der Waals surface area contributed by atoms with E-state index in [1.54, 1.807) is 38.1 Å². The van der Waals surface area contributed by atoms with Gasteiger partial charge in [0.15, 0.2) is 0 Å². The van der Waals surface area contributed by atoms with Crippen LogP contribution >= 0.6 is 0 Å². The summed E-state index contributed by atoms with van der Waals surface area (Å²) in [7, 11) is 0. The highest BCUT2D eigenvalue weighted by atomic mass is 16.5. The molecule has 0 spiro atoms. The van der Waals surface area contributed by atoms with E-state index in [9.17, 15) is 14.4 Å². The van der Waals surface area contributed by atoms with Gasteiger partial charge in [-0.3, -0.25) is 9.59 Å². The Balaban J connectivity index is 1.99. The average molecular weight is 394 g/mol. The fraction of sp³-hybridized carbons (Fsp3) is 0.227. The molecule has 7 heteroatoms.